The number of urea groups is 1. The standard InChI is InChI=1S/C14H23N3O2/c18-12-9-14(10-15-12)5-7-17(8-6-14)13(19)16-11-3-1-2-4-11/h11H,1-10H2,(H,15,18)(H,16,19). The van der Waals surface area contributed by atoms with E-state index < -0.39 is 0 Å². The number of hydrogen-bond acceptors (Lipinski definition) is 2. The Balaban J connectivity index is 1.49. The SMILES string of the molecule is O=C1CC2(CCN(C(=O)NC3CCCC3)CC2)CN1. The smallest absolute Gasteiger partial charge is 0.317 e. The molecule has 3 aliphatic rings. The maximum atomic E-state index is 12.2. The van der Waals surface area contributed by atoms with Crippen LogP contribution >= 0.6 is 0 Å². The summed E-state index contributed by atoms with van der Waals surface area (Å²) in [6.45, 7) is 2.37. The van der Waals surface area contributed by atoms with E-state index in [1.807, 2.05) is 4.90 Å². The molecule has 5 nitrogen and oxygen atoms in total. The van der Waals surface area contributed by atoms with E-state index in [0.29, 0.717) is 12.5 Å². The van der Waals surface area contributed by atoms with E-state index in [-0.39, 0.29) is 17.4 Å². The second-order valence-electron chi connectivity index (χ2n) is 6.37. The highest BCUT2D eigenvalue weighted by molar-refractivity contribution is 5.79. The molecule has 2 heterocycles. The Morgan fingerprint density at radius 1 is 1.26 bits per heavy atom. The van der Waals surface area contributed by atoms with Gasteiger partial charge in [0, 0.05) is 32.1 Å². The number of likely N-dealkylation sites (tertiary alicyclic amines) is 1. The van der Waals surface area contributed by atoms with Crippen molar-refractivity contribution in [3.05, 3.63) is 0 Å². The van der Waals surface area contributed by atoms with Gasteiger partial charge in [0.05, 0.1) is 0 Å². The second-order valence-corrected chi connectivity index (χ2v) is 6.37. The molecule has 3 rings (SSSR count). The molecule has 0 unspecified atom stereocenters. The van der Waals surface area contributed by atoms with Gasteiger partial charge in [-0.05, 0) is 31.1 Å². The van der Waals surface area contributed by atoms with Crippen molar-refractivity contribution in [2.45, 2.75) is 51.0 Å². The number of carbonyl (C=O) groups excluding carboxylic acids is 2. The Morgan fingerprint density at radius 3 is 2.53 bits per heavy atom. The second kappa shape index (κ2) is 5.02. The zero-order chi connectivity index (χ0) is 13.3. The largest absolute Gasteiger partial charge is 0.356 e. The molecule has 0 atom stereocenters. The van der Waals surface area contributed by atoms with E-state index in [9.17, 15) is 9.59 Å². The van der Waals surface area contributed by atoms with Crippen LogP contribution in [0, 0.1) is 5.41 Å². The third kappa shape index (κ3) is 2.69. The molecule has 1 spiro atoms. The number of nitrogens with zero attached hydrogens (tertiary/aromatic N) is 1. The molecule has 0 bridgehead atoms. The molecule has 19 heavy (non-hydrogen) atoms. The first kappa shape index (κ1) is 12.8. The number of piperidine rings is 1. The average molecular weight is 265 g/mol. The molecule has 2 aliphatic heterocycles. The molecule has 106 valence electrons. The van der Waals surface area contributed by atoms with Crippen molar-refractivity contribution in [3.63, 3.8) is 0 Å². The van der Waals surface area contributed by atoms with E-state index in [0.717, 1.165) is 45.3 Å². The fraction of sp³-hybridized carbons (Fsp3) is 0.857. The van der Waals surface area contributed by atoms with E-state index in [2.05, 4.69) is 10.6 Å². The summed E-state index contributed by atoms with van der Waals surface area (Å²) in [4.78, 5) is 25.4. The predicted octanol–water partition coefficient (Wildman–Crippen LogP) is 1.24. The highest BCUT2D eigenvalue weighted by Crippen LogP contribution is 2.37. The van der Waals surface area contributed by atoms with Crippen LogP contribution in [-0.4, -0.2) is 42.5 Å². The van der Waals surface area contributed by atoms with E-state index in [1.165, 1.54) is 12.8 Å². The summed E-state index contributed by atoms with van der Waals surface area (Å²) in [7, 11) is 0. The topological polar surface area (TPSA) is 61.4 Å². The van der Waals surface area contributed by atoms with Gasteiger partial charge in [-0.15, -0.1) is 0 Å². The van der Waals surface area contributed by atoms with Crippen molar-refractivity contribution < 1.29 is 9.59 Å². The van der Waals surface area contributed by atoms with E-state index in [4.69, 9.17) is 0 Å². The maximum absolute atomic E-state index is 12.2. The summed E-state index contributed by atoms with van der Waals surface area (Å²) >= 11 is 0. The van der Waals surface area contributed by atoms with Crippen molar-refractivity contribution >= 4 is 11.9 Å². The van der Waals surface area contributed by atoms with E-state index >= 15 is 0 Å². The van der Waals surface area contributed by atoms with Gasteiger partial charge in [0.1, 0.15) is 0 Å². The average Bonchev–Trinajstić information content (AvgIpc) is 3.01. The van der Waals surface area contributed by atoms with Crippen molar-refractivity contribution in [3.8, 4) is 0 Å². The number of amides is 3. The van der Waals surface area contributed by atoms with Crippen molar-refractivity contribution in [2.24, 2.45) is 5.41 Å². The van der Waals surface area contributed by atoms with Gasteiger partial charge < -0.3 is 15.5 Å². The van der Waals surface area contributed by atoms with Gasteiger partial charge in [-0.25, -0.2) is 4.79 Å². The molecule has 1 aliphatic carbocycles. The fourth-order valence-electron chi connectivity index (χ4n) is 3.63. The van der Waals surface area contributed by atoms with Gasteiger partial charge in [0.15, 0.2) is 0 Å². The summed E-state index contributed by atoms with van der Waals surface area (Å²) in [6, 6.07) is 0.483. The molecule has 0 aromatic rings. The molecule has 2 N–H and O–H groups in total. The first-order valence-corrected chi connectivity index (χ1v) is 7.49. The van der Waals surface area contributed by atoms with Crippen LogP contribution in [0.5, 0.6) is 0 Å². The molecule has 0 aromatic heterocycles. The third-order valence-electron chi connectivity index (χ3n) is 4.99. The lowest BCUT2D eigenvalue weighted by molar-refractivity contribution is -0.119. The number of nitrogens with one attached hydrogen (secondary N) is 2. The highest BCUT2D eigenvalue weighted by Gasteiger charge is 2.41. The normalized spacial score (nSPS) is 26.7. The number of rotatable bonds is 1. The molecule has 3 fully saturated rings. The summed E-state index contributed by atoms with van der Waals surface area (Å²) in [5.41, 5.74) is 0.126. The molecule has 1 saturated carbocycles. The summed E-state index contributed by atoms with van der Waals surface area (Å²) in [6.07, 6.45) is 7.27. The van der Waals surface area contributed by atoms with Crippen molar-refractivity contribution in [1.29, 1.82) is 0 Å². The number of hydrogen-bond donors (Lipinski definition) is 2. The Labute approximate surface area is 114 Å². The Hall–Kier alpha value is -1.26. The predicted molar refractivity (Wildman–Crippen MR) is 71.7 cm³/mol. The first-order valence-electron chi connectivity index (χ1n) is 7.49. The van der Waals surface area contributed by atoms with Crippen LogP contribution in [-0.2, 0) is 4.79 Å². The molecule has 3 amide bonds. The van der Waals surface area contributed by atoms with Gasteiger partial charge in [-0.2, -0.15) is 0 Å². The van der Waals surface area contributed by atoms with Gasteiger partial charge in [0.2, 0.25) is 5.91 Å². The molecule has 5 heteroatoms. The minimum atomic E-state index is 0.0963. The zero-order valence-electron chi connectivity index (χ0n) is 11.4. The fourth-order valence-corrected chi connectivity index (χ4v) is 3.63. The highest BCUT2D eigenvalue weighted by atomic mass is 16.2. The molecular weight excluding hydrogens is 242 g/mol. The first-order chi connectivity index (χ1) is 9.17. The lowest BCUT2D eigenvalue weighted by Gasteiger charge is -2.38. The van der Waals surface area contributed by atoms with Crippen LogP contribution in [0.4, 0.5) is 4.79 Å². The molecule has 0 radical (unpaired) electrons. The van der Waals surface area contributed by atoms with Gasteiger partial charge in [-0.1, -0.05) is 12.8 Å². The third-order valence-corrected chi connectivity index (χ3v) is 4.99. The summed E-state index contributed by atoms with van der Waals surface area (Å²) in [5.74, 6) is 0.170. The van der Waals surface area contributed by atoms with Crippen LogP contribution in [0.3, 0.4) is 0 Å². The summed E-state index contributed by atoms with van der Waals surface area (Å²) < 4.78 is 0. The lowest BCUT2D eigenvalue weighted by atomic mass is 9.78. The van der Waals surface area contributed by atoms with Crippen LogP contribution in [0.25, 0.3) is 0 Å². The summed E-state index contributed by atoms with van der Waals surface area (Å²) in [5, 5.41) is 6.07. The van der Waals surface area contributed by atoms with Crippen LogP contribution < -0.4 is 10.6 Å². The maximum Gasteiger partial charge on any atom is 0.317 e. The van der Waals surface area contributed by atoms with Crippen LogP contribution in [0.15, 0.2) is 0 Å². The lowest BCUT2D eigenvalue weighted by Crippen LogP contribution is -2.49. The Bertz CT molecular complexity index is 369. The monoisotopic (exact) mass is 265 g/mol. The van der Waals surface area contributed by atoms with Crippen molar-refractivity contribution in [2.75, 3.05) is 19.6 Å². The van der Waals surface area contributed by atoms with Crippen LogP contribution in [0.2, 0.25) is 0 Å². The van der Waals surface area contributed by atoms with Gasteiger partial charge >= 0.3 is 6.03 Å². The number of carbonyl (C=O) groups is 2. The zero-order valence-corrected chi connectivity index (χ0v) is 11.4. The molecule has 2 saturated heterocycles. The quantitative estimate of drug-likeness (QED) is 0.749. The Kier molecular flexibility index (Phi) is 3.37. The van der Waals surface area contributed by atoms with Crippen LogP contribution in [0.1, 0.15) is 44.9 Å². The van der Waals surface area contributed by atoms with Crippen molar-refractivity contribution in [1.82, 2.24) is 15.5 Å². The molecular formula is C14H23N3O2. The minimum absolute atomic E-state index is 0.0963. The Morgan fingerprint density at radius 2 is 1.95 bits per heavy atom. The van der Waals surface area contributed by atoms with E-state index in [1.54, 1.807) is 0 Å². The molecule has 0 aromatic carbocycles. The van der Waals surface area contributed by atoms with Gasteiger partial charge in [0.25, 0.3) is 0 Å². The minimum Gasteiger partial charge on any atom is -0.356 e. The van der Waals surface area contributed by atoms with Gasteiger partial charge in [-0.3, -0.25) is 4.79 Å².